The minimum absolute atomic E-state index is 0.150. The molecule has 1 aromatic heterocycles. The van der Waals surface area contributed by atoms with E-state index >= 15 is 0 Å². The summed E-state index contributed by atoms with van der Waals surface area (Å²) < 4.78 is 7.22. The van der Waals surface area contributed by atoms with Gasteiger partial charge >= 0.3 is 5.97 Å². The number of para-hydroxylation sites is 1. The Morgan fingerprint density at radius 2 is 1.55 bits per heavy atom. The average Bonchev–Trinajstić information content (AvgIpc) is 3.04. The van der Waals surface area contributed by atoms with Crippen LogP contribution in [0, 0.1) is 6.92 Å². The lowest BCUT2D eigenvalue weighted by Gasteiger charge is -2.09. The molecule has 5 heteroatoms. The molecule has 0 unspecified atom stereocenters. The van der Waals surface area contributed by atoms with Crippen LogP contribution in [0.4, 0.5) is 0 Å². The molecule has 0 aliphatic heterocycles. The first-order valence-electron chi connectivity index (χ1n) is 9.21. The van der Waals surface area contributed by atoms with Crippen molar-refractivity contribution < 1.29 is 19.4 Å². The predicted octanol–water partition coefficient (Wildman–Crippen LogP) is 4.92. The highest BCUT2D eigenvalue weighted by molar-refractivity contribution is 6.11. The number of carboxylic acid groups (broad SMARTS) is 1. The second-order valence-electron chi connectivity index (χ2n) is 6.72. The maximum Gasteiger partial charge on any atom is 0.338 e. The minimum atomic E-state index is -1.05. The van der Waals surface area contributed by atoms with E-state index < -0.39 is 5.97 Å². The van der Waals surface area contributed by atoms with Gasteiger partial charge in [-0.15, -0.1) is 0 Å². The SMILES string of the molecule is Cc1c(C(=O)O)c2ccccc2n1C(=O)c1ccc(OCc2ccccc2)cc1. The summed E-state index contributed by atoms with van der Waals surface area (Å²) in [4.78, 5) is 24.8. The average molecular weight is 385 g/mol. The molecule has 1 N–H and O–H groups in total. The van der Waals surface area contributed by atoms with Gasteiger partial charge in [-0.05, 0) is 42.8 Å². The van der Waals surface area contributed by atoms with Crippen LogP contribution in [0.2, 0.25) is 0 Å². The Morgan fingerprint density at radius 3 is 2.24 bits per heavy atom. The van der Waals surface area contributed by atoms with Crippen LogP contribution in [-0.2, 0) is 6.61 Å². The van der Waals surface area contributed by atoms with Crippen LogP contribution in [0.15, 0.2) is 78.9 Å². The standard InChI is InChI=1S/C24H19NO4/c1-16-22(24(27)28)20-9-5-6-10-21(20)25(16)23(26)18-11-13-19(14-12-18)29-15-17-7-3-2-4-8-17/h2-14H,15H2,1H3,(H,27,28). The zero-order valence-corrected chi connectivity index (χ0v) is 15.8. The largest absolute Gasteiger partial charge is 0.489 e. The molecule has 0 aliphatic rings. The van der Waals surface area contributed by atoms with E-state index in [0.717, 1.165) is 5.56 Å². The zero-order chi connectivity index (χ0) is 20.4. The highest BCUT2D eigenvalue weighted by atomic mass is 16.5. The number of aromatic nitrogens is 1. The molecule has 0 radical (unpaired) electrons. The molecule has 0 bridgehead atoms. The Kier molecular flexibility index (Phi) is 4.87. The first-order valence-corrected chi connectivity index (χ1v) is 9.21. The van der Waals surface area contributed by atoms with Crippen LogP contribution < -0.4 is 4.74 Å². The van der Waals surface area contributed by atoms with Crippen LogP contribution in [-0.4, -0.2) is 21.6 Å². The van der Waals surface area contributed by atoms with Gasteiger partial charge in [0.05, 0.1) is 11.1 Å². The number of fused-ring (bicyclic) bond motifs is 1. The molecule has 0 aliphatic carbocycles. The number of carboxylic acids is 1. The molecule has 1 heterocycles. The van der Waals surface area contributed by atoms with Crippen molar-refractivity contribution in [2.24, 2.45) is 0 Å². The van der Waals surface area contributed by atoms with Crippen LogP contribution in [0.3, 0.4) is 0 Å². The first kappa shape index (κ1) is 18.5. The van der Waals surface area contributed by atoms with Crippen molar-refractivity contribution in [3.8, 4) is 5.75 Å². The van der Waals surface area contributed by atoms with Crippen LogP contribution >= 0.6 is 0 Å². The Bertz CT molecular complexity index is 1190. The van der Waals surface area contributed by atoms with Gasteiger partial charge in [0.25, 0.3) is 5.91 Å². The molecule has 0 atom stereocenters. The lowest BCUT2D eigenvalue weighted by Crippen LogP contribution is -2.14. The Hall–Kier alpha value is -3.86. The van der Waals surface area contributed by atoms with Gasteiger partial charge in [0.2, 0.25) is 0 Å². The molecule has 0 spiro atoms. The van der Waals surface area contributed by atoms with Gasteiger partial charge in [0.15, 0.2) is 0 Å². The summed E-state index contributed by atoms with van der Waals surface area (Å²) in [5.41, 5.74) is 2.66. The molecule has 4 aromatic rings. The number of nitrogens with zero attached hydrogens (tertiary/aromatic N) is 1. The van der Waals surface area contributed by atoms with Gasteiger partial charge in [0.1, 0.15) is 12.4 Å². The number of carbonyl (C=O) groups is 2. The number of hydrogen-bond donors (Lipinski definition) is 1. The van der Waals surface area contributed by atoms with Crippen molar-refractivity contribution in [2.75, 3.05) is 0 Å². The predicted molar refractivity (Wildman–Crippen MR) is 111 cm³/mol. The fourth-order valence-corrected chi connectivity index (χ4v) is 3.46. The molecule has 29 heavy (non-hydrogen) atoms. The molecule has 4 rings (SSSR count). The zero-order valence-electron chi connectivity index (χ0n) is 15.8. The third-order valence-electron chi connectivity index (χ3n) is 4.88. The summed E-state index contributed by atoms with van der Waals surface area (Å²) in [6.45, 7) is 2.09. The van der Waals surface area contributed by atoms with E-state index in [9.17, 15) is 14.7 Å². The highest BCUT2D eigenvalue weighted by Gasteiger charge is 2.23. The number of carbonyl (C=O) groups excluding carboxylic acids is 1. The molecule has 144 valence electrons. The topological polar surface area (TPSA) is 68.5 Å². The normalized spacial score (nSPS) is 10.8. The number of rotatable bonds is 5. The summed E-state index contributed by atoms with van der Waals surface area (Å²) in [5, 5.41) is 10.1. The first-order chi connectivity index (χ1) is 14.1. The van der Waals surface area contributed by atoms with Gasteiger partial charge in [0, 0.05) is 16.6 Å². The maximum absolute atomic E-state index is 13.1. The summed E-state index contributed by atoms with van der Waals surface area (Å²) in [6, 6.07) is 23.7. The number of hydrogen-bond acceptors (Lipinski definition) is 3. The molecular weight excluding hydrogens is 366 g/mol. The number of ether oxygens (including phenoxy) is 1. The lowest BCUT2D eigenvalue weighted by molar-refractivity contribution is 0.0698. The second kappa shape index (κ2) is 7.64. The van der Waals surface area contributed by atoms with E-state index in [1.54, 1.807) is 55.5 Å². The quantitative estimate of drug-likeness (QED) is 0.530. The molecule has 0 saturated carbocycles. The monoisotopic (exact) mass is 385 g/mol. The highest BCUT2D eigenvalue weighted by Crippen LogP contribution is 2.27. The fourth-order valence-electron chi connectivity index (χ4n) is 3.46. The molecular formula is C24H19NO4. The number of benzene rings is 3. The van der Waals surface area contributed by atoms with E-state index in [2.05, 4.69) is 0 Å². The summed E-state index contributed by atoms with van der Waals surface area (Å²) in [7, 11) is 0. The lowest BCUT2D eigenvalue weighted by atomic mass is 10.1. The summed E-state index contributed by atoms with van der Waals surface area (Å²) in [5.74, 6) is -0.665. The fraction of sp³-hybridized carbons (Fsp3) is 0.0833. The smallest absolute Gasteiger partial charge is 0.338 e. The summed E-state index contributed by atoms with van der Waals surface area (Å²) in [6.07, 6.45) is 0. The van der Waals surface area contributed by atoms with Gasteiger partial charge in [-0.2, -0.15) is 0 Å². The van der Waals surface area contributed by atoms with Gasteiger partial charge < -0.3 is 9.84 Å². The Morgan fingerprint density at radius 1 is 0.897 bits per heavy atom. The Labute approximate surface area is 167 Å². The van der Waals surface area contributed by atoms with E-state index in [1.165, 1.54) is 4.57 Å². The van der Waals surface area contributed by atoms with Crippen molar-refractivity contribution in [3.63, 3.8) is 0 Å². The van der Waals surface area contributed by atoms with E-state index in [4.69, 9.17) is 4.74 Å². The number of aromatic carboxylic acids is 1. The molecule has 3 aromatic carbocycles. The van der Waals surface area contributed by atoms with Crippen molar-refractivity contribution in [1.29, 1.82) is 0 Å². The third-order valence-corrected chi connectivity index (χ3v) is 4.88. The van der Waals surface area contributed by atoms with Gasteiger partial charge in [-0.3, -0.25) is 9.36 Å². The second-order valence-corrected chi connectivity index (χ2v) is 6.72. The van der Waals surface area contributed by atoms with Gasteiger partial charge in [-0.25, -0.2) is 4.79 Å². The Balaban J connectivity index is 1.62. The van der Waals surface area contributed by atoms with Crippen LogP contribution in [0.1, 0.15) is 32.0 Å². The van der Waals surface area contributed by atoms with E-state index in [-0.39, 0.29) is 11.5 Å². The van der Waals surface area contributed by atoms with Crippen LogP contribution in [0.5, 0.6) is 5.75 Å². The van der Waals surface area contributed by atoms with E-state index in [0.29, 0.717) is 34.5 Å². The van der Waals surface area contributed by atoms with E-state index in [1.807, 2.05) is 30.3 Å². The van der Waals surface area contributed by atoms with Crippen molar-refractivity contribution in [3.05, 3.63) is 101 Å². The van der Waals surface area contributed by atoms with Crippen molar-refractivity contribution >= 4 is 22.8 Å². The molecule has 5 nitrogen and oxygen atoms in total. The molecule has 0 amide bonds. The maximum atomic E-state index is 13.1. The van der Waals surface area contributed by atoms with Gasteiger partial charge in [-0.1, -0.05) is 48.5 Å². The molecule has 0 saturated heterocycles. The van der Waals surface area contributed by atoms with Crippen LogP contribution in [0.25, 0.3) is 10.9 Å². The van der Waals surface area contributed by atoms with Crippen molar-refractivity contribution in [1.82, 2.24) is 4.57 Å². The molecule has 0 fully saturated rings. The summed E-state index contributed by atoms with van der Waals surface area (Å²) >= 11 is 0. The minimum Gasteiger partial charge on any atom is -0.489 e. The third kappa shape index (κ3) is 3.50. The van der Waals surface area contributed by atoms with Crippen molar-refractivity contribution in [2.45, 2.75) is 13.5 Å².